The van der Waals surface area contributed by atoms with E-state index in [9.17, 15) is 4.79 Å². The van der Waals surface area contributed by atoms with Crippen molar-refractivity contribution < 1.29 is 14.2 Å². The average Bonchev–Trinajstić information content (AvgIpc) is 3.22. The van der Waals surface area contributed by atoms with E-state index in [2.05, 4.69) is 15.2 Å². The zero-order valence-corrected chi connectivity index (χ0v) is 18.6. The molecular weight excluding hydrogens is 434 g/mol. The summed E-state index contributed by atoms with van der Waals surface area (Å²) in [6.07, 6.45) is 3.00. The number of rotatable bonds is 6. The van der Waals surface area contributed by atoms with Crippen LogP contribution in [0.25, 0.3) is 16.7 Å². The molecule has 0 saturated carbocycles. The fraction of sp³-hybridized carbons (Fsp3) is 0.182. The summed E-state index contributed by atoms with van der Waals surface area (Å²) in [5.41, 5.74) is 1.50. The molecule has 0 N–H and O–H groups in total. The first-order chi connectivity index (χ1) is 15.5. The number of aryl methyl sites for hydroxylation is 1. The number of nitrogens with zero attached hydrogens (tertiary/aromatic N) is 5. The minimum atomic E-state index is -0.337. The van der Waals surface area contributed by atoms with Crippen molar-refractivity contribution in [2.45, 2.75) is 6.92 Å². The maximum atomic E-state index is 13.1. The lowest BCUT2D eigenvalue weighted by atomic mass is 10.2. The molecule has 0 aliphatic carbocycles. The Morgan fingerprint density at radius 3 is 2.28 bits per heavy atom. The monoisotopic (exact) mass is 453 g/mol. The van der Waals surface area contributed by atoms with E-state index in [1.165, 1.54) is 38.4 Å². The lowest BCUT2D eigenvalue weighted by molar-refractivity contribution is 0.324. The molecule has 0 radical (unpaired) electrons. The van der Waals surface area contributed by atoms with E-state index in [4.69, 9.17) is 25.8 Å². The van der Waals surface area contributed by atoms with Crippen LogP contribution in [0.5, 0.6) is 17.2 Å². The molecule has 2 heterocycles. The van der Waals surface area contributed by atoms with Crippen LogP contribution in [0, 0.1) is 6.92 Å². The van der Waals surface area contributed by atoms with E-state index in [-0.39, 0.29) is 5.56 Å². The van der Waals surface area contributed by atoms with Gasteiger partial charge in [-0.1, -0.05) is 11.6 Å². The van der Waals surface area contributed by atoms with Gasteiger partial charge in [-0.25, -0.2) is 9.67 Å². The molecule has 2 aromatic carbocycles. The molecule has 32 heavy (non-hydrogen) atoms. The first-order valence-electron chi connectivity index (χ1n) is 9.54. The van der Waals surface area contributed by atoms with E-state index in [0.29, 0.717) is 44.7 Å². The van der Waals surface area contributed by atoms with Crippen molar-refractivity contribution in [3.05, 3.63) is 69.4 Å². The van der Waals surface area contributed by atoms with Crippen LogP contribution < -0.4 is 19.8 Å². The highest BCUT2D eigenvalue weighted by Crippen LogP contribution is 2.37. The van der Waals surface area contributed by atoms with Gasteiger partial charge in [0.15, 0.2) is 17.1 Å². The average molecular weight is 454 g/mol. The van der Waals surface area contributed by atoms with E-state index in [0.717, 1.165) is 5.69 Å². The van der Waals surface area contributed by atoms with Gasteiger partial charge in [0, 0.05) is 10.6 Å². The molecule has 0 spiro atoms. The Morgan fingerprint density at radius 2 is 1.69 bits per heavy atom. The highest BCUT2D eigenvalue weighted by molar-refractivity contribution is 6.30. The van der Waals surface area contributed by atoms with E-state index < -0.39 is 0 Å². The lowest BCUT2D eigenvalue weighted by Gasteiger charge is -2.12. The van der Waals surface area contributed by atoms with Gasteiger partial charge < -0.3 is 14.2 Å². The summed E-state index contributed by atoms with van der Waals surface area (Å²) in [6, 6.07) is 10.6. The van der Waals surface area contributed by atoms with Crippen molar-refractivity contribution in [1.82, 2.24) is 19.4 Å². The van der Waals surface area contributed by atoms with Crippen molar-refractivity contribution in [2.75, 3.05) is 21.3 Å². The normalized spacial score (nSPS) is 11.3. The van der Waals surface area contributed by atoms with Crippen LogP contribution in [0.3, 0.4) is 0 Å². The molecule has 9 nitrogen and oxygen atoms in total. The van der Waals surface area contributed by atoms with Crippen LogP contribution in [-0.2, 0) is 0 Å². The predicted molar refractivity (Wildman–Crippen MR) is 122 cm³/mol. The van der Waals surface area contributed by atoms with Crippen LogP contribution >= 0.6 is 11.6 Å². The second-order valence-electron chi connectivity index (χ2n) is 6.75. The van der Waals surface area contributed by atoms with Crippen molar-refractivity contribution in [3.63, 3.8) is 0 Å². The highest BCUT2D eigenvalue weighted by Gasteiger charge is 2.15. The second-order valence-corrected chi connectivity index (χ2v) is 7.19. The fourth-order valence-electron chi connectivity index (χ4n) is 3.27. The molecule has 0 fully saturated rings. The molecule has 0 atom stereocenters. The maximum absolute atomic E-state index is 13.1. The SMILES string of the molecule is COc1cc(/C=N/n2c(C)nc3c(cnn3-c3ccc(Cl)cc3)c2=O)cc(OC)c1OC. The minimum Gasteiger partial charge on any atom is -0.493 e. The molecule has 2 aromatic heterocycles. The van der Waals surface area contributed by atoms with Gasteiger partial charge in [0.05, 0.1) is 39.4 Å². The molecule has 0 amide bonds. The molecule has 0 saturated heterocycles. The Morgan fingerprint density at radius 1 is 1.03 bits per heavy atom. The molecule has 4 rings (SSSR count). The van der Waals surface area contributed by atoms with Crippen LogP contribution in [0.4, 0.5) is 0 Å². The fourth-order valence-corrected chi connectivity index (χ4v) is 3.40. The zero-order valence-electron chi connectivity index (χ0n) is 17.9. The third-order valence-corrected chi connectivity index (χ3v) is 5.07. The molecular formula is C22H20ClN5O4. The Hall–Kier alpha value is -3.85. The largest absolute Gasteiger partial charge is 0.493 e. The van der Waals surface area contributed by atoms with Crippen molar-refractivity contribution in [1.29, 1.82) is 0 Å². The van der Waals surface area contributed by atoms with Gasteiger partial charge in [-0.05, 0) is 43.3 Å². The molecule has 0 bridgehead atoms. The number of hydrogen-bond acceptors (Lipinski definition) is 7. The van der Waals surface area contributed by atoms with Crippen molar-refractivity contribution >= 4 is 28.8 Å². The number of aromatic nitrogens is 4. The maximum Gasteiger partial charge on any atom is 0.285 e. The Labute approximate surface area is 188 Å². The topological polar surface area (TPSA) is 92.8 Å². The number of ether oxygens (including phenoxy) is 3. The number of methoxy groups -OCH3 is 3. The van der Waals surface area contributed by atoms with E-state index in [1.54, 1.807) is 48.0 Å². The van der Waals surface area contributed by atoms with Gasteiger partial charge in [0.25, 0.3) is 5.56 Å². The first-order valence-corrected chi connectivity index (χ1v) is 9.92. The molecule has 0 aliphatic rings. The quantitative estimate of drug-likeness (QED) is 0.415. The van der Waals surface area contributed by atoms with E-state index in [1.807, 2.05) is 0 Å². The minimum absolute atomic E-state index is 0.337. The summed E-state index contributed by atoms with van der Waals surface area (Å²) in [6.45, 7) is 1.70. The molecule has 0 unspecified atom stereocenters. The Kier molecular flexibility index (Phi) is 5.83. The van der Waals surface area contributed by atoms with Gasteiger partial charge in [-0.3, -0.25) is 4.79 Å². The number of benzene rings is 2. The van der Waals surface area contributed by atoms with Gasteiger partial charge in [0.2, 0.25) is 5.75 Å². The third kappa shape index (κ3) is 3.78. The molecule has 0 aliphatic heterocycles. The number of hydrogen-bond donors (Lipinski definition) is 0. The number of halogens is 1. The summed E-state index contributed by atoms with van der Waals surface area (Å²) >= 11 is 5.97. The van der Waals surface area contributed by atoms with Crippen LogP contribution in [0.1, 0.15) is 11.4 Å². The summed E-state index contributed by atoms with van der Waals surface area (Å²) in [5.74, 6) is 1.84. The summed E-state index contributed by atoms with van der Waals surface area (Å²) in [4.78, 5) is 17.6. The summed E-state index contributed by atoms with van der Waals surface area (Å²) in [7, 11) is 4.59. The van der Waals surface area contributed by atoms with Crippen LogP contribution in [-0.4, -0.2) is 47.0 Å². The molecule has 10 heteroatoms. The predicted octanol–water partition coefficient (Wildman–Crippen LogP) is 3.45. The number of fused-ring (bicyclic) bond motifs is 1. The first kappa shape index (κ1) is 21.4. The lowest BCUT2D eigenvalue weighted by Crippen LogP contribution is -2.20. The van der Waals surface area contributed by atoms with Gasteiger partial charge in [-0.2, -0.15) is 14.9 Å². The van der Waals surface area contributed by atoms with Crippen LogP contribution in [0.15, 0.2) is 52.5 Å². The third-order valence-electron chi connectivity index (χ3n) is 4.82. The summed E-state index contributed by atoms with van der Waals surface area (Å²) in [5, 5.41) is 9.61. The zero-order chi connectivity index (χ0) is 22.8. The standard InChI is InChI=1S/C22H20ClN5O4/c1-13-26-21-17(12-25-28(21)16-7-5-15(23)6-8-16)22(29)27(13)24-11-14-9-18(30-2)20(32-4)19(10-14)31-3/h5-12H,1-4H3/b24-11+. The summed E-state index contributed by atoms with van der Waals surface area (Å²) < 4.78 is 18.9. The van der Waals surface area contributed by atoms with Crippen LogP contribution in [0.2, 0.25) is 5.02 Å². The Bertz CT molecular complexity index is 1350. The molecule has 4 aromatic rings. The second kappa shape index (κ2) is 8.72. The smallest absolute Gasteiger partial charge is 0.285 e. The van der Waals surface area contributed by atoms with E-state index >= 15 is 0 Å². The van der Waals surface area contributed by atoms with Gasteiger partial charge in [-0.15, -0.1) is 0 Å². The van der Waals surface area contributed by atoms with Gasteiger partial charge >= 0.3 is 0 Å². The highest BCUT2D eigenvalue weighted by atomic mass is 35.5. The van der Waals surface area contributed by atoms with Crippen molar-refractivity contribution in [2.24, 2.45) is 5.10 Å². The van der Waals surface area contributed by atoms with Gasteiger partial charge in [0.1, 0.15) is 11.2 Å². The molecule has 164 valence electrons. The Balaban J connectivity index is 1.77. The van der Waals surface area contributed by atoms with Crippen molar-refractivity contribution in [3.8, 4) is 22.9 Å².